The molecule has 5 heteroatoms. The first-order chi connectivity index (χ1) is 9.08. The van der Waals surface area contributed by atoms with Gasteiger partial charge in [0, 0.05) is 16.2 Å². The number of benzene rings is 1. The van der Waals surface area contributed by atoms with Gasteiger partial charge in [-0.05, 0) is 31.9 Å². The first kappa shape index (κ1) is 14.1. The second-order valence-corrected chi connectivity index (χ2v) is 6.24. The third-order valence-corrected chi connectivity index (χ3v) is 4.73. The van der Waals surface area contributed by atoms with Crippen LogP contribution in [0.1, 0.15) is 49.4 Å². The minimum Gasteiger partial charge on any atom is -0.294 e. The van der Waals surface area contributed by atoms with E-state index in [0.717, 1.165) is 4.90 Å². The van der Waals surface area contributed by atoms with Gasteiger partial charge in [-0.3, -0.25) is 14.9 Å². The van der Waals surface area contributed by atoms with Crippen molar-refractivity contribution >= 4 is 23.2 Å². The van der Waals surface area contributed by atoms with Gasteiger partial charge < -0.3 is 0 Å². The second-order valence-electron chi connectivity index (χ2n) is 4.87. The molecule has 0 saturated heterocycles. The predicted octanol–water partition coefficient (Wildman–Crippen LogP) is 4.22. The number of ketones is 1. The van der Waals surface area contributed by atoms with Gasteiger partial charge in [0.2, 0.25) is 0 Å². The number of nitro benzene ring substituents is 1. The molecule has 1 saturated carbocycles. The molecule has 0 amide bonds. The number of nitro groups is 1. The van der Waals surface area contributed by atoms with Crippen molar-refractivity contribution in [2.45, 2.75) is 49.2 Å². The molecule has 1 aromatic rings. The van der Waals surface area contributed by atoms with Crippen LogP contribution in [0.25, 0.3) is 0 Å². The zero-order valence-electron chi connectivity index (χ0n) is 10.9. The van der Waals surface area contributed by atoms with Crippen molar-refractivity contribution in [3.05, 3.63) is 33.9 Å². The van der Waals surface area contributed by atoms with E-state index < -0.39 is 4.92 Å². The van der Waals surface area contributed by atoms with Crippen molar-refractivity contribution < 1.29 is 9.72 Å². The lowest BCUT2D eigenvalue weighted by atomic mass is 10.0. The molecule has 0 heterocycles. The molecular formula is C14H17NO3S. The van der Waals surface area contributed by atoms with Gasteiger partial charge in [-0.1, -0.05) is 19.3 Å². The summed E-state index contributed by atoms with van der Waals surface area (Å²) in [7, 11) is 0. The summed E-state index contributed by atoms with van der Waals surface area (Å²) >= 11 is 1.70. The molecule has 19 heavy (non-hydrogen) atoms. The fourth-order valence-corrected chi connectivity index (χ4v) is 3.69. The fraction of sp³-hybridized carbons (Fsp3) is 0.500. The Morgan fingerprint density at radius 2 is 2.00 bits per heavy atom. The highest BCUT2D eigenvalue weighted by Gasteiger charge is 2.20. The van der Waals surface area contributed by atoms with E-state index in [0.29, 0.717) is 5.25 Å². The molecule has 0 N–H and O–H groups in total. The first-order valence-corrected chi connectivity index (χ1v) is 7.42. The number of Topliss-reactive ketones (excluding diaryl/α,β-unsaturated/α-hetero) is 1. The Hall–Kier alpha value is -1.36. The van der Waals surface area contributed by atoms with E-state index in [1.54, 1.807) is 17.8 Å². The lowest BCUT2D eigenvalue weighted by molar-refractivity contribution is -0.385. The van der Waals surface area contributed by atoms with E-state index >= 15 is 0 Å². The van der Waals surface area contributed by atoms with Gasteiger partial charge in [-0.25, -0.2) is 0 Å². The summed E-state index contributed by atoms with van der Waals surface area (Å²) in [5.74, 6) is -0.263. The highest BCUT2D eigenvalue weighted by atomic mass is 32.2. The largest absolute Gasteiger partial charge is 0.294 e. The quantitative estimate of drug-likeness (QED) is 0.470. The molecule has 0 spiro atoms. The Kier molecular flexibility index (Phi) is 4.58. The number of hydrogen-bond acceptors (Lipinski definition) is 4. The van der Waals surface area contributed by atoms with Gasteiger partial charge >= 0.3 is 0 Å². The summed E-state index contributed by atoms with van der Waals surface area (Å²) in [6.07, 6.45) is 6.12. The molecule has 0 aromatic heterocycles. The van der Waals surface area contributed by atoms with E-state index in [9.17, 15) is 14.9 Å². The van der Waals surface area contributed by atoms with Crippen LogP contribution in [0.4, 0.5) is 5.69 Å². The number of hydrogen-bond donors (Lipinski definition) is 0. The zero-order valence-corrected chi connectivity index (χ0v) is 11.7. The average Bonchev–Trinajstić information content (AvgIpc) is 2.39. The number of nitrogens with zero attached hydrogens (tertiary/aromatic N) is 1. The number of rotatable bonds is 4. The highest BCUT2D eigenvalue weighted by Crippen LogP contribution is 2.35. The van der Waals surface area contributed by atoms with Crippen LogP contribution in [0.2, 0.25) is 0 Å². The van der Waals surface area contributed by atoms with Crippen LogP contribution in [0.15, 0.2) is 23.1 Å². The normalized spacial score (nSPS) is 16.3. The highest BCUT2D eigenvalue weighted by molar-refractivity contribution is 8.00. The predicted molar refractivity (Wildman–Crippen MR) is 75.8 cm³/mol. The Labute approximate surface area is 116 Å². The van der Waals surface area contributed by atoms with Crippen LogP contribution in [-0.4, -0.2) is 16.0 Å². The summed E-state index contributed by atoms with van der Waals surface area (Å²) in [6, 6.07) is 4.94. The monoisotopic (exact) mass is 279 g/mol. The molecule has 4 nitrogen and oxygen atoms in total. The zero-order chi connectivity index (χ0) is 13.8. The number of carbonyl (C=O) groups excluding carboxylic acids is 1. The summed E-state index contributed by atoms with van der Waals surface area (Å²) in [4.78, 5) is 22.8. The third-order valence-electron chi connectivity index (χ3n) is 3.40. The molecule has 0 atom stereocenters. The molecule has 1 fully saturated rings. The van der Waals surface area contributed by atoms with E-state index in [-0.39, 0.29) is 17.0 Å². The van der Waals surface area contributed by atoms with Crippen LogP contribution in [0, 0.1) is 10.1 Å². The van der Waals surface area contributed by atoms with Gasteiger partial charge in [-0.15, -0.1) is 11.8 Å². The van der Waals surface area contributed by atoms with Crippen molar-refractivity contribution in [1.82, 2.24) is 0 Å². The second kappa shape index (κ2) is 6.19. The molecule has 0 radical (unpaired) electrons. The van der Waals surface area contributed by atoms with Crippen LogP contribution < -0.4 is 0 Å². The summed E-state index contributed by atoms with van der Waals surface area (Å²) in [6.45, 7) is 1.36. The summed E-state index contributed by atoms with van der Waals surface area (Å²) in [5, 5.41) is 11.6. The van der Waals surface area contributed by atoms with Crippen molar-refractivity contribution in [1.29, 1.82) is 0 Å². The Balaban J connectivity index is 2.20. The van der Waals surface area contributed by atoms with Crippen LogP contribution in [-0.2, 0) is 0 Å². The van der Waals surface area contributed by atoms with Gasteiger partial charge in [0.15, 0.2) is 5.78 Å². The SMILES string of the molecule is CC(=O)c1ccc(SC2CCCCC2)cc1[N+](=O)[O-]. The van der Waals surface area contributed by atoms with E-state index in [2.05, 4.69) is 0 Å². The molecule has 0 unspecified atom stereocenters. The van der Waals surface area contributed by atoms with Crippen LogP contribution in [0.3, 0.4) is 0 Å². The lowest BCUT2D eigenvalue weighted by Gasteiger charge is -2.20. The third kappa shape index (κ3) is 3.56. The number of carbonyl (C=O) groups is 1. The minimum absolute atomic E-state index is 0.0756. The molecule has 1 aliphatic rings. The van der Waals surface area contributed by atoms with E-state index in [4.69, 9.17) is 0 Å². The van der Waals surface area contributed by atoms with Crippen molar-refractivity contribution in [2.75, 3.05) is 0 Å². The van der Waals surface area contributed by atoms with Gasteiger partial charge in [0.1, 0.15) is 0 Å². The summed E-state index contributed by atoms with van der Waals surface area (Å²) < 4.78 is 0. The maximum absolute atomic E-state index is 11.4. The minimum atomic E-state index is -0.471. The van der Waals surface area contributed by atoms with Crippen molar-refractivity contribution in [3.8, 4) is 0 Å². The standard InChI is InChI=1S/C14H17NO3S/c1-10(16)13-8-7-12(9-14(13)15(17)18)19-11-5-3-2-4-6-11/h7-9,11H,2-6H2,1H3. The maximum Gasteiger partial charge on any atom is 0.281 e. The average molecular weight is 279 g/mol. The van der Waals surface area contributed by atoms with Gasteiger partial charge in [0.25, 0.3) is 5.69 Å². The van der Waals surface area contributed by atoms with E-state index in [1.165, 1.54) is 45.1 Å². The molecule has 2 rings (SSSR count). The van der Waals surface area contributed by atoms with Crippen LogP contribution >= 0.6 is 11.8 Å². The maximum atomic E-state index is 11.4. The van der Waals surface area contributed by atoms with Gasteiger partial charge in [-0.2, -0.15) is 0 Å². The van der Waals surface area contributed by atoms with Crippen LogP contribution in [0.5, 0.6) is 0 Å². The summed E-state index contributed by atoms with van der Waals surface area (Å²) in [5.41, 5.74) is 0.117. The molecule has 0 bridgehead atoms. The molecule has 1 aliphatic carbocycles. The fourth-order valence-electron chi connectivity index (χ4n) is 2.41. The molecule has 1 aromatic carbocycles. The molecule has 0 aliphatic heterocycles. The Bertz CT molecular complexity index is 495. The first-order valence-electron chi connectivity index (χ1n) is 6.54. The Morgan fingerprint density at radius 1 is 1.32 bits per heavy atom. The van der Waals surface area contributed by atoms with Crippen molar-refractivity contribution in [2.24, 2.45) is 0 Å². The molecular weight excluding hydrogens is 262 g/mol. The van der Waals surface area contributed by atoms with Gasteiger partial charge in [0.05, 0.1) is 10.5 Å². The Morgan fingerprint density at radius 3 is 2.58 bits per heavy atom. The lowest BCUT2D eigenvalue weighted by Crippen LogP contribution is -2.08. The number of thioether (sulfide) groups is 1. The van der Waals surface area contributed by atoms with Crippen molar-refractivity contribution in [3.63, 3.8) is 0 Å². The van der Waals surface area contributed by atoms with E-state index in [1.807, 2.05) is 6.07 Å². The molecule has 102 valence electrons. The topological polar surface area (TPSA) is 60.2 Å². The smallest absolute Gasteiger partial charge is 0.281 e.